The van der Waals surface area contributed by atoms with Gasteiger partial charge in [0.25, 0.3) is 5.16 Å². The van der Waals surface area contributed by atoms with Gasteiger partial charge in [-0.3, -0.25) is 4.57 Å². The molecule has 0 spiro atoms. The number of hydrogen-bond donors (Lipinski definition) is 0. The zero-order chi connectivity index (χ0) is 16.4. The molecular weight excluding hydrogens is 310 g/mol. The molecule has 0 N–H and O–H groups in total. The van der Waals surface area contributed by atoms with Crippen molar-refractivity contribution >= 4 is 9.84 Å². The molecule has 5 nitrogen and oxygen atoms in total. The lowest BCUT2D eigenvalue weighted by Crippen LogP contribution is -2.13. The fraction of sp³-hybridized carbons (Fsp3) is 0.176. The molecule has 0 fully saturated rings. The first-order valence-corrected chi connectivity index (χ1v) is 8.89. The molecule has 3 rings (SSSR count). The Kier molecular flexibility index (Phi) is 4.00. The van der Waals surface area contributed by atoms with Gasteiger partial charge >= 0.3 is 0 Å². The quantitative estimate of drug-likeness (QED) is 0.739. The Morgan fingerprint density at radius 1 is 0.913 bits per heavy atom. The predicted molar refractivity (Wildman–Crippen MR) is 88.2 cm³/mol. The van der Waals surface area contributed by atoms with Crippen LogP contribution in [0.25, 0.3) is 5.69 Å². The summed E-state index contributed by atoms with van der Waals surface area (Å²) in [5.41, 5.74) is 2.47. The van der Waals surface area contributed by atoms with E-state index in [4.69, 9.17) is 0 Å². The Labute approximate surface area is 135 Å². The van der Waals surface area contributed by atoms with E-state index in [1.807, 2.05) is 49.4 Å². The van der Waals surface area contributed by atoms with Gasteiger partial charge in [-0.15, -0.1) is 10.2 Å². The van der Waals surface area contributed by atoms with Crippen molar-refractivity contribution < 1.29 is 8.42 Å². The first-order chi connectivity index (χ1) is 11.0. The number of nitrogens with zero attached hydrogens (tertiary/aromatic N) is 3. The first kappa shape index (κ1) is 15.4. The molecule has 0 radical (unpaired) electrons. The highest BCUT2D eigenvalue weighted by Gasteiger charge is 2.25. The zero-order valence-corrected chi connectivity index (χ0v) is 13.8. The van der Waals surface area contributed by atoms with Gasteiger partial charge in [0.05, 0.1) is 11.4 Å². The van der Waals surface area contributed by atoms with Crippen molar-refractivity contribution in [2.75, 3.05) is 0 Å². The van der Waals surface area contributed by atoms with Gasteiger partial charge in [-0.25, -0.2) is 8.42 Å². The minimum absolute atomic E-state index is 0.0202. The van der Waals surface area contributed by atoms with E-state index >= 15 is 0 Å². The van der Waals surface area contributed by atoms with Gasteiger partial charge in [0.15, 0.2) is 0 Å². The third kappa shape index (κ3) is 3.03. The molecule has 3 aromatic rings. The molecule has 1 aromatic heterocycles. The van der Waals surface area contributed by atoms with Gasteiger partial charge < -0.3 is 0 Å². The number of sulfone groups is 1. The van der Waals surface area contributed by atoms with E-state index in [1.54, 1.807) is 23.6 Å². The standard InChI is InChI=1S/C17H17N3O2S/c1-13-8-6-7-11-16(13)20-14(2)18-19-17(20)23(21,22)12-15-9-4-3-5-10-15/h3-11H,12H2,1-2H3. The van der Waals surface area contributed by atoms with Crippen LogP contribution in [0.3, 0.4) is 0 Å². The summed E-state index contributed by atoms with van der Waals surface area (Å²) < 4.78 is 27.2. The van der Waals surface area contributed by atoms with Crippen LogP contribution in [0.5, 0.6) is 0 Å². The summed E-state index contributed by atoms with van der Waals surface area (Å²) in [4.78, 5) is 0. The molecule has 2 aromatic carbocycles. The van der Waals surface area contributed by atoms with E-state index in [0.717, 1.165) is 16.8 Å². The largest absolute Gasteiger partial charge is 0.270 e. The average Bonchev–Trinajstić information content (AvgIpc) is 2.91. The van der Waals surface area contributed by atoms with E-state index in [1.165, 1.54) is 0 Å². The Morgan fingerprint density at radius 3 is 2.26 bits per heavy atom. The van der Waals surface area contributed by atoms with Gasteiger partial charge in [-0.05, 0) is 31.0 Å². The molecule has 0 unspecified atom stereocenters. The van der Waals surface area contributed by atoms with Crippen LogP contribution in [0.4, 0.5) is 0 Å². The zero-order valence-electron chi connectivity index (χ0n) is 13.0. The van der Waals surface area contributed by atoms with Crippen molar-refractivity contribution in [2.24, 2.45) is 0 Å². The molecule has 0 aliphatic rings. The van der Waals surface area contributed by atoms with Gasteiger partial charge in [0.1, 0.15) is 5.82 Å². The maximum Gasteiger partial charge on any atom is 0.254 e. The summed E-state index contributed by atoms with van der Waals surface area (Å²) in [6.45, 7) is 3.68. The van der Waals surface area contributed by atoms with Crippen molar-refractivity contribution in [1.82, 2.24) is 14.8 Å². The minimum atomic E-state index is -3.60. The Morgan fingerprint density at radius 2 is 1.57 bits per heavy atom. The number of rotatable bonds is 4. The van der Waals surface area contributed by atoms with Crippen LogP contribution >= 0.6 is 0 Å². The van der Waals surface area contributed by atoms with E-state index < -0.39 is 9.84 Å². The summed E-state index contributed by atoms with van der Waals surface area (Å²) in [5.74, 6) is 0.448. The molecule has 0 aliphatic heterocycles. The van der Waals surface area contributed by atoms with Crippen LogP contribution in [0.2, 0.25) is 0 Å². The lowest BCUT2D eigenvalue weighted by molar-refractivity contribution is 0.582. The summed E-state index contributed by atoms with van der Waals surface area (Å²) in [7, 11) is -3.60. The van der Waals surface area contributed by atoms with Crippen LogP contribution in [-0.4, -0.2) is 23.2 Å². The topological polar surface area (TPSA) is 64.8 Å². The molecular formula is C17H17N3O2S. The summed E-state index contributed by atoms with van der Waals surface area (Å²) in [5, 5.41) is 7.88. The van der Waals surface area contributed by atoms with Gasteiger partial charge in [-0.2, -0.15) is 0 Å². The third-order valence-corrected chi connectivity index (χ3v) is 5.16. The van der Waals surface area contributed by atoms with Crippen molar-refractivity contribution in [1.29, 1.82) is 0 Å². The second kappa shape index (κ2) is 5.96. The number of benzene rings is 2. The first-order valence-electron chi connectivity index (χ1n) is 7.24. The van der Waals surface area contributed by atoms with Gasteiger partial charge in [0, 0.05) is 0 Å². The van der Waals surface area contributed by atoms with E-state index in [9.17, 15) is 8.42 Å². The molecule has 23 heavy (non-hydrogen) atoms. The third-order valence-electron chi connectivity index (χ3n) is 3.63. The summed E-state index contributed by atoms with van der Waals surface area (Å²) in [6, 6.07) is 16.7. The molecule has 0 saturated carbocycles. The van der Waals surface area contributed by atoms with Crippen molar-refractivity contribution in [3.8, 4) is 5.69 Å². The maximum absolute atomic E-state index is 12.8. The van der Waals surface area contributed by atoms with Crippen LogP contribution < -0.4 is 0 Å². The van der Waals surface area contributed by atoms with E-state index in [2.05, 4.69) is 10.2 Å². The molecule has 0 bridgehead atoms. The molecule has 0 aliphatic carbocycles. The number of para-hydroxylation sites is 1. The molecule has 0 saturated heterocycles. The normalized spacial score (nSPS) is 11.6. The fourth-order valence-electron chi connectivity index (χ4n) is 2.49. The fourth-order valence-corrected chi connectivity index (χ4v) is 3.93. The molecule has 6 heteroatoms. The number of hydrogen-bond acceptors (Lipinski definition) is 4. The summed E-state index contributed by atoms with van der Waals surface area (Å²) in [6.07, 6.45) is 0. The highest BCUT2D eigenvalue weighted by Crippen LogP contribution is 2.22. The van der Waals surface area contributed by atoms with E-state index in [0.29, 0.717) is 5.82 Å². The predicted octanol–water partition coefficient (Wildman–Crippen LogP) is 2.86. The van der Waals surface area contributed by atoms with Crippen molar-refractivity contribution in [3.05, 3.63) is 71.5 Å². The monoisotopic (exact) mass is 327 g/mol. The van der Waals surface area contributed by atoms with Crippen LogP contribution in [0, 0.1) is 13.8 Å². The van der Waals surface area contributed by atoms with Crippen molar-refractivity contribution in [2.45, 2.75) is 24.8 Å². The van der Waals surface area contributed by atoms with Crippen LogP contribution in [-0.2, 0) is 15.6 Å². The molecule has 0 amide bonds. The molecule has 118 valence electrons. The Hall–Kier alpha value is -2.47. The minimum Gasteiger partial charge on any atom is -0.270 e. The van der Waals surface area contributed by atoms with Gasteiger partial charge in [0.2, 0.25) is 9.84 Å². The van der Waals surface area contributed by atoms with Crippen molar-refractivity contribution in [3.63, 3.8) is 0 Å². The smallest absolute Gasteiger partial charge is 0.254 e. The second-order valence-corrected chi connectivity index (χ2v) is 7.28. The Balaban J connectivity index is 2.10. The van der Waals surface area contributed by atoms with E-state index in [-0.39, 0.29) is 10.9 Å². The highest BCUT2D eigenvalue weighted by atomic mass is 32.2. The lowest BCUT2D eigenvalue weighted by Gasteiger charge is -2.11. The maximum atomic E-state index is 12.8. The van der Waals surface area contributed by atoms with Crippen LogP contribution in [0.15, 0.2) is 59.8 Å². The lowest BCUT2D eigenvalue weighted by atomic mass is 10.2. The second-order valence-electron chi connectivity index (χ2n) is 5.40. The summed E-state index contributed by atoms with van der Waals surface area (Å²) >= 11 is 0. The Bertz CT molecular complexity index is 931. The average molecular weight is 327 g/mol. The SMILES string of the molecule is Cc1ccccc1-n1c(C)nnc1S(=O)(=O)Cc1ccccc1. The number of aryl methyl sites for hydroxylation is 2. The van der Waals surface area contributed by atoms with Gasteiger partial charge in [-0.1, -0.05) is 48.5 Å². The highest BCUT2D eigenvalue weighted by molar-refractivity contribution is 7.90. The van der Waals surface area contributed by atoms with Crippen LogP contribution in [0.1, 0.15) is 17.0 Å². The molecule has 1 heterocycles. The molecule has 0 atom stereocenters. The number of aromatic nitrogens is 3.